The third kappa shape index (κ3) is 3.01. The Labute approximate surface area is 145 Å². The van der Waals surface area contributed by atoms with Gasteiger partial charge in [0, 0.05) is 11.4 Å². The van der Waals surface area contributed by atoms with E-state index in [0.717, 1.165) is 17.1 Å². The van der Waals surface area contributed by atoms with Crippen LogP contribution >= 0.6 is 11.8 Å². The second-order valence-electron chi connectivity index (χ2n) is 5.23. The largest absolute Gasteiger partial charge is 0.465 e. The minimum Gasteiger partial charge on any atom is -0.465 e. The first-order valence-corrected chi connectivity index (χ1v) is 9.90. The molecule has 0 saturated carbocycles. The number of nitrogens with zero attached hydrogens (tertiary/aromatic N) is 1. The van der Waals surface area contributed by atoms with Crippen molar-refractivity contribution < 1.29 is 17.9 Å². The molecule has 0 atom stereocenters. The van der Waals surface area contributed by atoms with E-state index in [1.807, 2.05) is 18.2 Å². The van der Waals surface area contributed by atoms with Gasteiger partial charge in [-0.25, -0.2) is 13.2 Å². The van der Waals surface area contributed by atoms with Crippen LogP contribution in [0.5, 0.6) is 0 Å². The van der Waals surface area contributed by atoms with Crippen molar-refractivity contribution in [3.63, 3.8) is 0 Å². The molecule has 0 N–H and O–H groups in total. The SMILES string of the molecule is COC(=O)c1ccccc1S(=O)(=O)N1CCCSc2ccccc21. The summed E-state index contributed by atoms with van der Waals surface area (Å²) in [6.45, 7) is 0.377. The van der Waals surface area contributed by atoms with Crippen LogP contribution in [-0.2, 0) is 14.8 Å². The predicted molar refractivity (Wildman–Crippen MR) is 94.1 cm³/mol. The third-order valence-electron chi connectivity index (χ3n) is 3.76. The number of anilines is 1. The monoisotopic (exact) mass is 363 g/mol. The minimum absolute atomic E-state index is 0.0291. The highest BCUT2D eigenvalue weighted by Crippen LogP contribution is 2.37. The van der Waals surface area contributed by atoms with Crippen LogP contribution in [0.1, 0.15) is 16.8 Å². The molecule has 1 heterocycles. The molecule has 0 aromatic heterocycles. The van der Waals surface area contributed by atoms with E-state index in [0.29, 0.717) is 12.2 Å². The van der Waals surface area contributed by atoms with Gasteiger partial charge >= 0.3 is 5.97 Å². The molecule has 2 aromatic carbocycles. The van der Waals surface area contributed by atoms with Crippen molar-refractivity contribution in [1.29, 1.82) is 0 Å². The van der Waals surface area contributed by atoms with E-state index in [9.17, 15) is 13.2 Å². The fourth-order valence-electron chi connectivity index (χ4n) is 2.63. The number of sulfonamides is 1. The lowest BCUT2D eigenvalue weighted by Crippen LogP contribution is -2.33. The van der Waals surface area contributed by atoms with Crippen molar-refractivity contribution in [2.75, 3.05) is 23.7 Å². The maximum Gasteiger partial charge on any atom is 0.339 e. The fourth-order valence-corrected chi connectivity index (χ4v) is 5.39. The Bertz CT molecular complexity index is 864. The lowest BCUT2D eigenvalue weighted by atomic mass is 10.2. The quantitative estimate of drug-likeness (QED) is 0.784. The highest BCUT2D eigenvalue weighted by Gasteiger charge is 2.31. The van der Waals surface area contributed by atoms with Crippen molar-refractivity contribution >= 4 is 33.4 Å². The summed E-state index contributed by atoms with van der Waals surface area (Å²) < 4.78 is 32.6. The first-order chi connectivity index (χ1) is 11.6. The van der Waals surface area contributed by atoms with Crippen LogP contribution in [0.2, 0.25) is 0 Å². The maximum absolute atomic E-state index is 13.3. The molecule has 0 spiro atoms. The molecule has 0 unspecified atom stereocenters. The van der Waals surface area contributed by atoms with Crippen molar-refractivity contribution in [3.8, 4) is 0 Å². The normalized spacial score (nSPS) is 14.6. The number of carbonyl (C=O) groups is 1. The molecule has 1 aliphatic heterocycles. The number of methoxy groups -OCH3 is 1. The number of carbonyl (C=O) groups excluding carboxylic acids is 1. The van der Waals surface area contributed by atoms with Gasteiger partial charge in [-0.1, -0.05) is 24.3 Å². The maximum atomic E-state index is 13.3. The Hall–Kier alpha value is -1.99. The van der Waals surface area contributed by atoms with E-state index < -0.39 is 16.0 Å². The summed E-state index contributed by atoms with van der Waals surface area (Å²) in [5, 5.41) is 0. The summed E-state index contributed by atoms with van der Waals surface area (Å²) in [6, 6.07) is 13.6. The Morgan fingerprint density at radius 2 is 1.83 bits per heavy atom. The molecule has 0 bridgehead atoms. The molecule has 5 nitrogen and oxygen atoms in total. The van der Waals surface area contributed by atoms with Gasteiger partial charge in [0.15, 0.2) is 0 Å². The highest BCUT2D eigenvalue weighted by atomic mass is 32.2. The van der Waals surface area contributed by atoms with Crippen LogP contribution in [0.3, 0.4) is 0 Å². The summed E-state index contributed by atoms with van der Waals surface area (Å²) >= 11 is 1.64. The average molecular weight is 363 g/mol. The van der Waals surface area contributed by atoms with Gasteiger partial charge in [-0.05, 0) is 36.4 Å². The van der Waals surface area contributed by atoms with E-state index in [1.165, 1.54) is 23.5 Å². The molecule has 0 aliphatic carbocycles. The number of ether oxygens (including phenoxy) is 1. The number of esters is 1. The zero-order valence-corrected chi connectivity index (χ0v) is 14.8. The van der Waals surface area contributed by atoms with E-state index in [1.54, 1.807) is 30.0 Å². The lowest BCUT2D eigenvalue weighted by Gasteiger charge is -2.25. The molecule has 3 rings (SSSR count). The Kier molecular flexibility index (Phi) is 4.82. The topological polar surface area (TPSA) is 63.7 Å². The number of para-hydroxylation sites is 1. The summed E-state index contributed by atoms with van der Waals surface area (Å²) in [5.41, 5.74) is 0.703. The van der Waals surface area contributed by atoms with E-state index in [4.69, 9.17) is 4.74 Å². The number of hydrogen-bond acceptors (Lipinski definition) is 5. The van der Waals surface area contributed by atoms with Gasteiger partial charge < -0.3 is 4.74 Å². The molecule has 0 radical (unpaired) electrons. The Balaban J connectivity index is 2.14. The fraction of sp³-hybridized carbons (Fsp3) is 0.235. The molecule has 7 heteroatoms. The van der Waals surface area contributed by atoms with Crippen molar-refractivity contribution in [1.82, 2.24) is 0 Å². The Morgan fingerprint density at radius 3 is 2.62 bits per heavy atom. The van der Waals surface area contributed by atoms with Gasteiger partial charge in [0.25, 0.3) is 10.0 Å². The van der Waals surface area contributed by atoms with Crippen molar-refractivity contribution in [3.05, 3.63) is 54.1 Å². The number of thioether (sulfide) groups is 1. The highest BCUT2D eigenvalue weighted by molar-refractivity contribution is 7.99. The van der Waals surface area contributed by atoms with E-state index >= 15 is 0 Å². The number of benzene rings is 2. The average Bonchev–Trinajstić information content (AvgIpc) is 2.84. The number of hydrogen-bond donors (Lipinski definition) is 0. The Morgan fingerprint density at radius 1 is 1.12 bits per heavy atom. The van der Waals surface area contributed by atoms with Gasteiger partial charge in [-0.15, -0.1) is 11.8 Å². The van der Waals surface area contributed by atoms with Crippen LogP contribution in [0.4, 0.5) is 5.69 Å². The van der Waals surface area contributed by atoms with Crippen LogP contribution in [0.15, 0.2) is 58.3 Å². The minimum atomic E-state index is -3.87. The van der Waals surface area contributed by atoms with Crippen LogP contribution < -0.4 is 4.31 Å². The van der Waals surface area contributed by atoms with Crippen LogP contribution in [-0.4, -0.2) is 33.8 Å². The standard InChI is InChI=1S/C17H17NO4S2/c1-22-17(19)13-7-2-5-10-16(13)24(20,21)18-11-6-12-23-15-9-4-3-8-14(15)18/h2-5,7-10H,6,11-12H2,1H3. The molecule has 0 saturated heterocycles. The second-order valence-corrected chi connectivity index (χ2v) is 8.20. The number of rotatable bonds is 3. The molecule has 1 aliphatic rings. The van der Waals surface area contributed by atoms with Gasteiger partial charge in [0.05, 0.1) is 18.4 Å². The molecule has 2 aromatic rings. The van der Waals surface area contributed by atoms with Crippen molar-refractivity contribution in [2.24, 2.45) is 0 Å². The van der Waals surface area contributed by atoms with E-state index in [-0.39, 0.29) is 10.5 Å². The van der Waals surface area contributed by atoms with Gasteiger partial charge in [0.2, 0.25) is 0 Å². The van der Waals surface area contributed by atoms with Crippen LogP contribution in [0.25, 0.3) is 0 Å². The van der Waals surface area contributed by atoms with Gasteiger partial charge in [0.1, 0.15) is 4.90 Å². The van der Waals surface area contributed by atoms with Crippen molar-refractivity contribution in [2.45, 2.75) is 16.2 Å². The molecular formula is C17H17NO4S2. The van der Waals surface area contributed by atoms with Gasteiger partial charge in [-0.2, -0.15) is 0 Å². The summed E-state index contributed by atoms with van der Waals surface area (Å²) in [5.74, 6) is 0.188. The molecular weight excluding hydrogens is 346 g/mol. The summed E-state index contributed by atoms with van der Waals surface area (Å²) in [4.78, 5) is 12.9. The number of fused-ring (bicyclic) bond motifs is 1. The third-order valence-corrected chi connectivity index (χ3v) is 6.78. The zero-order chi connectivity index (χ0) is 17.2. The molecule has 24 heavy (non-hydrogen) atoms. The molecule has 126 valence electrons. The molecule has 0 fully saturated rings. The summed E-state index contributed by atoms with van der Waals surface area (Å²) in [7, 11) is -2.63. The first-order valence-electron chi connectivity index (χ1n) is 7.47. The van der Waals surface area contributed by atoms with Crippen LogP contribution in [0, 0.1) is 0 Å². The lowest BCUT2D eigenvalue weighted by molar-refractivity contribution is 0.0596. The zero-order valence-electron chi connectivity index (χ0n) is 13.1. The molecule has 0 amide bonds. The van der Waals surface area contributed by atoms with E-state index in [2.05, 4.69) is 0 Å². The second kappa shape index (κ2) is 6.86. The smallest absolute Gasteiger partial charge is 0.339 e. The van der Waals surface area contributed by atoms with Gasteiger partial charge in [-0.3, -0.25) is 4.31 Å². The predicted octanol–water partition coefficient (Wildman–Crippen LogP) is 3.16. The first kappa shape index (κ1) is 16.9. The summed E-state index contributed by atoms with van der Waals surface area (Å²) in [6.07, 6.45) is 0.735.